The van der Waals surface area contributed by atoms with Gasteiger partial charge in [0.2, 0.25) is 5.91 Å². The predicted octanol–water partition coefficient (Wildman–Crippen LogP) is 1.25. The molecule has 1 aromatic rings. The van der Waals surface area contributed by atoms with Gasteiger partial charge in [-0.2, -0.15) is 0 Å². The van der Waals surface area contributed by atoms with E-state index in [0.717, 1.165) is 12.0 Å². The van der Waals surface area contributed by atoms with E-state index in [2.05, 4.69) is 5.32 Å². The van der Waals surface area contributed by atoms with Crippen LogP contribution in [0.5, 0.6) is 0 Å². The maximum absolute atomic E-state index is 12.9. The maximum Gasteiger partial charge on any atom is 0.250 e. The lowest BCUT2D eigenvalue weighted by Gasteiger charge is -2.41. The molecule has 4 unspecified atom stereocenters. The third-order valence-corrected chi connectivity index (χ3v) is 4.41. The molecule has 2 amide bonds. The Balaban J connectivity index is 1.92. The average molecular weight is 288 g/mol. The molecule has 0 aliphatic carbocycles. The predicted molar refractivity (Wildman–Crippen MR) is 77.5 cm³/mol. The van der Waals surface area contributed by atoms with Crippen LogP contribution < -0.4 is 5.32 Å². The molecule has 0 radical (unpaired) electrons. The first-order valence-electron chi connectivity index (χ1n) is 7.38. The van der Waals surface area contributed by atoms with Gasteiger partial charge in [-0.25, -0.2) is 0 Å². The summed E-state index contributed by atoms with van der Waals surface area (Å²) in [5, 5.41) is 2.83. The summed E-state index contributed by atoms with van der Waals surface area (Å²) in [6, 6.07) is 8.30. The Morgan fingerprint density at radius 1 is 1.19 bits per heavy atom. The van der Waals surface area contributed by atoms with Gasteiger partial charge in [0, 0.05) is 6.61 Å². The fourth-order valence-corrected chi connectivity index (χ4v) is 3.20. The Kier molecular flexibility index (Phi) is 3.68. The minimum absolute atomic E-state index is 0.0234. The van der Waals surface area contributed by atoms with E-state index >= 15 is 0 Å². The lowest BCUT2D eigenvalue weighted by Crippen LogP contribution is -2.62. The third-order valence-electron chi connectivity index (χ3n) is 4.41. The van der Waals surface area contributed by atoms with Crippen molar-refractivity contribution >= 4 is 11.8 Å². The molecular formula is C16H20N2O3. The first kappa shape index (κ1) is 14.1. The second-order valence-corrected chi connectivity index (χ2v) is 5.71. The Hall–Kier alpha value is -1.88. The molecule has 0 spiro atoms. The van der Waals surface area contributed by atoms with Crippen molar-refractivity contribution in [1.29, 1.82) is 0 Å². The van der Waals surface area contributed by atoms with E-state index in [1.165, 1.54) is 0 Å². The molecule has 2 fully saturated rings. The zero-order valence-corrected chi connectivity index (χ0v) is 12.3. The number of hydrogen-bond acceptors (Lipinski definition) is 3. The Labute approximate surface area is 124 Å². The lowest BCUT2D eigenvalue weighted by molar-refractivity contribution is -0.152. The quantitative estimate of drug-likeness (QED) is 0.891. The van der Waals surface area contributed by atoms with Crippen LogP contribution in [0.4, 0.5) is 0 Å². The number of rotatable bonds is 2. The van der Waals surface area contributed by atoms with Crippen LogP contribution in [0.25, 0.3) is 0 Å². The molecular weight excluding hydrogens is 268 g/mol. The van der Waals surface area contributed by atoms with Crippen molar-refractivity contribution in [3.8, 4) is 0 Å². The van der Waals surface area contributed by atoms with Gasteiger partial charge in [-0.3, -0.25) is 9.59 Å². The second kappa shape index (κ2) is 5.48. The molecule has 2 aliphatic heterocycles. The van der Waals surface area contributed by atoms with Crippen LogP contribution in [-0.4, -0.2) is 41.5 Å². The fraction of sp³-hybridized carbons (Fsp3) is 0.500. The number of carbonyl (C=O) groups excluding carboxylic acids is 2. The maximum atomic E-state index is 12.9. The molecule has 5 nitrogen and oxygen atoms in total. The van der Waals surface area contributed by atoms with Crippen molar-refractivity contribution in [2.24, 2.45) is 0 Å². The van der Waals surface area contributed by atoms with E-state index in [1.807, 2.05) is 37.3 Å². The first-order valence-corrected chi connectivity index (χ1v) is 7.38. The second-order valence-electron chi connectivity index (χ2n) is 5.71. The lowest BCUT2D eigenvalue weighted by atomic mass is 9.97. The fourth-order valence-electron chi connectivity index (χ4n) is 3.20. The van der Waals surface area contributed by atoms with E-state index in [0.29, 0.717) is 6.61 Å². The van der Waals surface area contributed by atoms with Crippen LogP contribution in [0.3, 0.4) is 0 Å². The van der Waals surface area contributed by atoms with Crippen molar-refractivity contribution in [3.63, 3.8) is 0 Å². The molecule has 2 heterocycles. The van der Waals surface area contributed by atoms with Gasteiger partial charge in [-0.15, -0.1) is 0 Å². The Bertz CT molecular complexity index is 546. The zero-order valence-electron chi connectivity index (χ0n) is 12.3. The molecule has 0 bridgehead atoms. The largest absolute Gasteiger partial charge is 0.376 e. The summed E-state index contributed by atoms with van der Waals surface area (Å²) in [6.45, 7) is 4.38. The molecule has 4 atom stereocenters. The summed E-state index contributed by atoms with van der Waals surface area (Å²) in [6.07, 6.45) is 0.755. The van der Waals surface area contributed by atoms with Crippen LogP contribution in [-0.2, 0) is 14.3 Å². The van der Waals surface area contributed by atoms with E-state index in [1.54, 1.807) is 11.8 Å². The summed E-state index contributed by atoms with van der Waals surface area (Å²) in [5.74, 6) is -0.154. The zero-order chi connectivity index (χ0) is 15.0. The average Bonchev–Trinajstić information content (AvgIpc) is 2.90. The molecule has 0 aromatic heterocycles. The van der Waals surface area contributed by atoms with Crippen LogP contribution in [0.1, 0.15) is 31.9 Å². The van der Waals surface area contributed by atoms with Gasteiger partial charge in [0.25, 0.3) is 5.91 Å². The molecule has 2 aliphatic rings. The van der Waals surface area contributed by atoms with Gasteiger partial charge in [-0.1, -0.05) is 30.3 Å². The van der Waals surface area contributed by atoms with Crippen molar-refractivity contribution in [3.05, 3.63) is 35.9 Å². The molecule has 21 heavy (non-hydrogen) atoms. The molecule has 1 N–H and O–H groups in total. The minimum atomic E-state index is -0.595. The SMILES string of the molecule is CC1OCCC1N1C(=O)C(c2ccccc2)NC(=O)C1C. The van der Waals surface area contributed by atoms with Gasteiger partial charge in [-0.05, 0) is 25.8 Å². The number of nitrogens with one attached hydrogen (secondary N) is 1. The highest BCUT2D eigenvalue weighted by Crippen LogP contribution is 2.29. The molecule has 1 aromatic carbocycles. The van der Waals surface area contributed by atoms with Crippen LogP contribution in [0.15, 0.2) is 30.3 Å². The summed E-state index contributed by atoms with van der Waals surface area (Å²) in [7, 11) is 0. The van der Waals surface area contributed by atoms with E-state index in [4.69, 9.17) is 4.74 Å². The Morgan fingerprint density at radius 3 is 2.52 bits per heavy atom. The number of carbonyl (C=O) groups is 2. The molecule has 0 saturated carbocycles. The van der Waals surface area contributed by atoms with Gasteiger partial charge >= 0.3 is 0 Å². The van der Waals surface area contributed by atoms with Crippen molar-refractivity contribution in [2.75, 3.05) is 6.61 Å². The van der Waals surface area contributed by atoms with E-state index in [-0.39, 0.29) is 24.0 Å². The third kappa shape index (κ3) is 2.42. The molecule has 3 rings (SSSR count). The number of nitrogens with zero attached hydrogens (tertiary/aromatic N) is 1. The van der Waals surface area contributed by atoms with Gasteiger partial charge < -0.3 is 15.0 Å². The number of benzene rings is 1. The van der Waals surface area contributed by atoms with Crippen molar-refractivity contribution in [2.45, 2.75) is 44.5 Å². The summed E-state index contributed by atoms with van der Waals surface area (Å²) >= 11 is 0. The highest BCUT2D eigenvalue weighted by Gasteiger charge is 2.45. The number of hydrogen-bond donors (Lipinski definition) is 1. The van der Waals surface area contributed by atoms with Gasteiger partial charge in [0.05, 0.1) is 12.1 Å². The normalized spacial score (nSPS) is 33.1. The number of piperazine rings is 1. The number of ether oxygens (including phenoxy) is 1. The van der Waals surface area contributed by atoms with Crippen molar-refractivity contribution in [1.82, 2.24) is 10.2 Å². The highest BCUT2D eigenvalue weighted by molar-refractivity contribution is 5.97. The molecule has 112 valence electrons. The van der Waals surface area contributed by atoms with E-state index in [9.17, 15) is 9.59 Å². The summed E-state index contributed by atoms with van der Waals surface area (Å²) in [5.41, 5.74) is 0.819. The van der Waals surface area contributed by atoms with Gasteiger partial charge in [0.15, 0.2) is 0 Å². The first-order chi connectivity index (χ1) is 10.1. The Morgan fingerprint density at radius 2 is 1.90 bits per heavy atom. The standard InChI is InChI=1S/C16H20N2O3/c1-10-15(19)17-14(12-6-4-3-5-7-12)16(20)18(10)13-8-9-21-11(13)2/h3-7,10-11,13-14H,8-9H2,1-2H3,(H,17,19). The van der Waals surface area contributed by atoms with Crippen LogP contribution in [0.2, 0.25) is 0 Å². The minimum Gasteiger partial charge on any atom is -0.376 e. The monoisotopic (exact) mass is 288 g/mol. The number of amides is 2. The van der Waals surface area contributed by atoms with Crippen LogP contribution >= 0.6 is 0 Å². The van der Waals surface area contributed by atoms with Crippen molar-refractivity contribution < 1.29 is 14.3 Å². The van der Waals surface area contributed by atoms with E-state index < -0.39 is 12.1 Å². The van der Waals surface area contributed by atoms with Gasteiger partial charge in [0.1, 0.15) is 12.1 Å². The molecule has 5 heteroatoms. The van der Waals surface area contributed by atoms with Crippen LogP contribution in [0, 0.1) is 0 Å². The molecule has 2 saturated heterocycles. The summed E-state index contributed by atoms with van der Waals surface area (Å²) in [4.78, 5) is 26.8. The topological polar surface area (TPSA) is 58.6 Å². The summed E-state index contributed by atoms with van der Waals surface area (Å²) < 4.78 is 5.57. The highest BCUT2D eigenvalue weighted by atomic mass is 16.5. The smallest absolute Gasteiger partial charge is 0.250 e.